The molecule has 0 amide bonds. The van der Waals surface area contributed by atoms with Crippen molar-refractivity contribution in [3.8, 4) is 5.75 Å². The lowest BCUT2D eigenvalue weighted by Gasteiger charge is -2.11. The van der Waals surface area contributed by atoms with E-state index in [-0.39, 0.29) is 11.4 Å². The highest BCUT2D eigenvalue weighted by atomic mass is 19.4. The molecule has 0 radical (unpaired) electrons. The second kappa shape index (κ2) is 4.14. The van der Waals surface area contributed by atoms with E-state index >= 15 is 0 Å². The minimum absolute atomic E-state index is 0.0647. The van der Waals surface area contributed by atoms with Crippen molar-refractivity contribution in [2.75, 3.05) is 7.11 Å². The van der Waals surface area contributed by atoms with Gasteiger partial charge in [-0.1, -0.05) is 0 Å². The minimum atomic E-state index is -4.49. The van der Waals surface area contributed by atoms with Crippen molar-refractivity contribution in [3.05, 3.63) is 23.8 Å². The Balaban J connectivity index is 3.27. The average molecular weight is 217 g/mol. The molecule has 0 aliphatic rings. The molecule has 0 heterocycles. The van der Waals surface area contributed by atoms with E-state index in [2.05, 4.69) is 9.73 Å². The largest absolute Gasteiger partial charge is 0.496 e. The highest BCUT2D eigenvalue weighted by Gasteiger charge is 2.34. The topological polar surface area (TPSA) is 38.7 Å². The Morgan fingerprint density at radius 2 is 2.07 bits per heavy atom. The van der Waals surface area contributed by atoms with Crippen LogP contribution >= 0.6 is 0 Å². The van der Waals surface area contributed by atoms with Crippen LogP contribution in [0.1, 0.15) is 5.56 Å². The van der Waals surface area contributed by atoms with Crippen molar-refractivity contribution in [2.45, 2.75) is 6.18 Å². The van der Waals surface area contributed by atoms with Crippen LogP contribution in [0.4, 0.5) is 18.9 Å². The van der Waals surface area contributed by atoms with Gasteiger partial charge in [0.05, 0.1) is 18.4 Å². The van der Waals surface area contributed by atoms with E-state index in [1.807, 2.05) is 0 Å². The number of hydrogen-bond donors (Lipinski definition) is 0. The van der Waals surface area contributed by atoms with Crippen LogP contribution in [0.2, 0.25) is 0 Å². The zero-order chi connectivity index (χ0) is 11.5. The Bertz CT molecular complexity index is 408. The molecule has 0 unspecified atom stereocenters. The van der Waals surface area contributed by atoms with Crippen LogP contribution in [0.15, 0.2) is 23.2 Å². The van der Waals surface area contributed by atoms with Crippen LogP contribution in [0, 0.1) is 0 Å². The highest BCUT2D eigenvalue weighted by Crippen LogP contribution is 2.37. The summed E-state index contributed by atoms with van der Waals surface area (Å²) in [6, 6.07) is 2.89. The number of benzene rings is 1. The SMILES string of the molecule is COc1cc(N=C=O)ccc1C(F)(F)F. The van der Waals surface area contributed by atoms with Crippen LogP contribution in [0.3, 0.4) is 0 Å². The van der Waals surface area contributed by atoms with Crippen LogP contribution < -0.4 is 4.74 Å². The first-order valence-electron chi connectivity index (χ1n) is 3.82. The molecule has 0 atom stereocenters. The summed E-state index contributed by atoms with van der Waals surface area (Å²) in [5.74, 6) is -0.376. The van der Waals surface area contributed by atoms with E-state index < -0.39 is 11.7 Å². The molecule has 0 aliphatic carbocycles. The van der Waals surface area contributed by atoms with Gasteiger partial charge in [0.15, 0.2) is 0 Å². The van der Waals surface area contributed by atoms with Gasteiger partial charge >= 0.3 is 6.18 Å². The molecule has 1 aromatic carbocycles. The van der Waals surface area contributed by atoms with E-state index in [0.717, 1.165) is 25.3 Å². The zero-order valence-corrected chi connectivity index (χ0v) is 7.63. The van der Waals surface area contributed by atoms with Gasteiger partial charge < -0.3 is 4.74 Å². The van der Waals surface area contributed by atoms with E-state index in [4.69, 9.17) is 0 Å². The summed E-state index contributed by atoms with van der Waals surface area (Å²) >= 11 is 0. The van der Waals surface area contributed by atoms with Crippen LogP contribution in [-0.2, 0) is 11.0 Å². The molecular formula is C9H6F3NO2. The Morgan fingerprint density at radius 3 is 2.53 bits per heavy atom. The van der Waals surface area contributed by atoms with Crippen molar-refractivity contribution < 1.29 is 22.7 Å². The maximum Gasteiger partial charge on any atom is 0.419 e. The van der Waals surface area contributed by atoms with Gasteiger partial charge in [-0.3, -0.25) is 0 Å². The molecule has 3 nitrogen and oxygen atoms in total. The highest BCUT2D eigenvalue weighted by molar-refractivity contribution is 5.54. The Morgan fingerprint density at radius 1 is 1.40 bits per heavy atom. The van der Waals surface area contributed by atoms with Gasteiger partial charge in [0.2, 0.25) is 6.08 Å². The van der Waals surface area contributed by atoms with Gasteiger partial charge in [-0.15, -0.1) is 0 Å². The number of nitrogens with zero attached hydrogens (tertiary/aromatic N) is 1. The average Bonchev–Trinajstić information content (AvgIpc) is 2.16. The lowest BCUT2D eigenvalue weighted by Crippen LogP contribution is -2.06. The molecule has 0 spiro atoms. The second-order valence-electron chi connectivity index (χ2n) is 2.59. The lowest BCUT2D eigenvalue weighted by atomic mass is 10.2. The number of isocyanates is 1. The summed E-state index contributed by atoms with van der Waals surface area (Å²) in [6.45, 7) is 0. The maximum atomic E-state index is 12.4. The van der Waals surface area contributed by atoms with Gasteiger partial charge in [0, 0.05) is 6.07 Å². The molecule has 6 heteroatoms. The van der Waals surface area contributed by atoms with Gasteiger partial charge in [-0.2, -0.15) is 18.2 Å². The molecule has 0 bridgehead atoms. The number of rotatable bonds is 2. The summed E-state index contributed by atoms with van der Waals surface area (Å²) in [5, 5.41) is 0. The fourth-order valence-electron chi connectivity index (χ4n) is 1.04. The van der Waals surface area contributed by atoms with E-state index in [9.17, 15) is 18.0 Å². The predicted octanol–water partition coefficient (Wildman–Crippen LogP) is 2.68. The minimum Gasteiger partial charge on any atom is -0.496 e. The smallest absolute Gasteiger partial charge is 0.419 e. The Hall–Kier alpha value is -1.81. The molecule has 1 aromatic rings. The number of halogens is 3. The summed E-state index contributed by atoms with van der Waals surface area (Å²) in [5.41, 5.74) is -0.843. The van der Waals surface area contributed by atoms with Gasteiger partial charge in [0.25, 0.3) is 0 Å². The van der Waals surface area contributed by atoms with Gasteiger partial charge in [-0.05, 0) is 12.1 Å². The van der Waals surface area contributed by atoms with Crippen molar-refractivity contribution in [1.82, 2.24) is 0 Å². The van der Waals surface area contributed by atoms with Crippen LogP contribution in [0.25, 0.3) is 0 Å². The summed E-state index contributed by atoms with van der Waals surface area (Å²) in [7, 11) is 1.11. The molecule has 1 rings (SSSR count). The monoisotopic (exact) mass is 217 g/mol. The number of aliphatic imine (C=N–C) groups is 1. The first kappa shape index (κ1) is 11.3. The second-order valence-corrected chi connectivity index (χ2v) is 2.59. The summed E-state index contributed by atoms with van der Waals surface area (Å²) in [6.07, 6.45) is -3.26. The third-order valence-electron chi connectivity index (χ3n) is 1.67. The molecular weight excluding hydrogens is 211 g/mol. The first-order valence-corrected chi connectivity index (χ1v) is 3.82. The van der Waals surface area contributed by atoms with Crippen LogP contribution in [-0.4, -0.2) is 13.2 Å². The standard InChI is InChI=1S/C9H6F3NO2/c1-15-8-4-6(13-5-14)2-3-7(8)9(10,11)12/h2-4H,1H3. The van der Waals surface area contributed by atoms with Gasteiger partial charge in [0.1, 0.15) is 5.75 Å². The summed E-state index contributed by atoms with van der Waals surface area (Å²) < 4.78 is 41.6. The molecule has 0 saturated heterocycles. The van der Waals surface area contributed by atoms with E-state index in [1.54, 1.807) is 0 Å². The molecule has 0 N–H and O–H groups in total. The maximum absolute atomic E-state index is 12.4. The Labute approximate surface area is 83.2 Å². The van der Waals surface area contributed by atoms with Gasteiger partial charge in [-0.25, -0.2) is 4.79 Å². The fourth-order valence-corrected chi connectivity index (χ4v) is 1.04. The molecule has 15 heavy (non-hydrogen) atoms. The third-order valence-corrected chi connectivity index (χ3v) is 1.67. The number of carbonyl (C=O) groups excluding carboxylic acids is 1. The van der Waals surface area contributed by atoms with E-state index in [1.165, 1.54) is 6.08 Å². The first-order chi connectivity index (χ1) is 6.99. The van der Waals surface area contributed by atoms with Crippen LogP contribution in [0.5, 0.6) is 5.75 Å². The number of methoxy groups -OCH3 is 1. The van der Waals surface area contributed by atoms with Crippen molar-refractivity contribution in [3.63, 3.8) is 0 Å². The fraction of sp³-hybridized carbons (Fsp3) is 0.222. The quantitative estimate of drug-likeness (QED) is 0.564. The van der Waals surface area contributed by atoms with E-state index in [0.29, 0.717) is 0 Å². The molecule has 0 aromatic heterocycles. The molecule has 0 saturated carbocycles. The molecule has 0 fully saturated rings. The number of ether oxygens (including phenoxy) is 1. The third kappa shape index (κ3) is 2.57. The lowest BCUT2D eigenvalue weighted by molar-refractivity contribution is -0.138. The molecule has 80 valence electrons. The normalized spacial score (nSPS) is 10.7. The number of hydrogen-bond acceptors (Lipinski definition) is 3. The zero-order valence-electron chi connectivity index (χ0n) is 7.63. The van der Waals surface area contributed by atoms with Crippen molar-refractivity contribution >= 4 is 11.8 Å². The molecule has 0 aliphatic heterocycles. The summed E-state index contributed by atoms with van der Waals surface area (Å²) in [4.78, 5) is 13.1. The predicted molar refractivity (Wildman–Crippen MR) is 45.8 cm³/mol. The number of alkyl halides is 3. The Kier molecular flexibility index (Phi) is 3.11. The van der Waals surface area contributed by atoms with Crippen molar-refractivity contribution in [1.29, 1.82) is 0 Å². The van der Waals surface area contributed by atoms with Crippen molar-refractivity contribution in [2.24, 2.45) is 4.99 Å².